The summed E-state index contributed by atoms with van der Waals surface area (Å²) in [7, 11) is -2.91. The Hall–Kier alpha value is -3.48. The molecule has 0 saturated carbocycles. The molecular weight excluding hydrogens is 769 g/mol. The van der Waals surface area contributed by atoms with Gasteiger partial charge in [-0.1, -0.05) is 123 Å². The molecule has 46 heavy (non-hydrogen) atoms. The van der Waals surface area contributed by atoms with Crippen molar-refractivity contribution in [2.45, 2.75) is 59.8 Å². The maximum Gasteiger partial charge on any atom is 0.0795 e. The third kappa shape index (κ3) is 8.08. The quantitative estimate of drug-likeness (QED) is 0.128. The fourth-order valence-corrected chi connectivity index (χ4v) is 7.85. The monoisotopic (exact) mass is 822 g/mol. The first kappa shape index (κ1) is 24.7. The van der Waals surface area contributed by atoms with Crippen molar-refractivity contribution in [3.05, 3.63) is 132 Å². The first-order chi connectivity index (χ1) is 25.0. The van der Waals surface area contributed by atoms with Gasteiger partial charge in [-0.2, -0.15) is 0 Å². The number of aromatic nitrogens is 2. The molecule has 6 rings (SSSR count). The topological polar surface area (TPSA) is 25.8 Å². The van der Waals surface area contributed by atoms with E-state index in [1.54, 1.807) is 6.07 Å². The maximum absolute atomic E-state index is 8.27. The zero-order chi connectivity index (χ0) is 39.9. The largest absolute Gasteiger partial charge is 0.305 e. The van der Waals surface area contributed by atoms with Gasteiger partial charge < -0.3 is 9.97 Å². The van der Waals surface area contributed by atoms with Crippen LogP contribution in [-0.4, -0.2) is 26.1 Å². The van der Waals surface area contributed by atoms with Crippen molar-refractivity contribution in [1.29, 1.82) is 0 Å². The van der Waals surface area contributed by atoms with Crippen LogP contribution in [0, 0.1) is 32.7 Å². The second kappa shape index (κ2) is 14.5. The number of benzene rings is 4. The van der Waals surface area contributed by atoms with E-state index >= 15 is 0 Å². The van der Waals surface area contributed by atoms with Crippen LogP contribution in [0.2, 0.25) is 39.3 Å². The summed E-state index contributed by atoms with van der Waals surface area (Å²) in [5, 5.41) is 4.72. The molecule has 0 unspecified atom stereocenters. The molecule has 4 aromatic carbocycles. The Bertz CT molecular complexity index is 2260. The third-order valence-electron chi connectivity index (χ3n) is 7.77. The molecule has 2 aromatic heterocycles. The number of nitrogens with zero attached hydrogens (tertiary/aromatic N) is 2. The van der Waals surface area contributed by atoms with E-state index < -0.39 is 36.7 Å². The van der Waals surface area contributed by atoms with Gasteiger partial charge in [0.05, 0.1) is 16.1 Å². The van der Waals surface area contributed by atoms with Crippen molar-refractivity contribution in [3.63, 3.8) is 0 Å². The molecule has 0 spiro atoms. The molecule has 0 aliphatic rings. The summed E-state index contributed by atoms with van der Waals surface area (Å²) in [6.45, 7) is 5.97. The van der Waals surface area contributed by atoms with Crippen molar-refractivity contribution in [2.24, 2.45) is 0 Å². The van der Waals surface area contributed by atoms with Crippen molar-refractivity contribution >= 4 is 37.3 Å². The van der Waals surface area contributed by atoms with Gasteiger partial charge in [-0.15, -0.1) is 65.2 Å². The Morgan fingerprint density at radius 1 is 0.587 bits per heavy atom. The molecule has 237 valence electrons. The Morgan fingerprint density at radius 3 is 1.93 bits per heavy atom. The van der Waals surface area contributed by atoms with Gasteiger partial charge in [0.1, 0.15) is 0 Å². The molecule has 0 atom stereocenters. The molecule has 0 N–H and O–H groups in total. The van der Waals surface area contributed by atoms with E-state index in [4.69, 9.17) is 12.3 Å². The van der Waals surface area contributed by atoms with Gasteiger partial charge >= 0.3 is 0 Å². The van der Waals surface area contributed by atoms with E-state index in [0.29, 0.717) is 5.56 Å². The van der Waals surface area contributed by atoms with Crippen molar-refractivity contribution in [3.8, 4) is 33.6 Å². The number of fused-ring (bicyclic) bond motifs is 1. The minimum Gasteiger partial charge on any atom is -0.305 e. The summed E-state index contributed by atoms with van der Waals surface area (Å²) in [5.41, 5.74) is 3.12. The van der Waals surface area contributed by atoms with E-state index in [2.05, 4.69) is 85.6 Å². The van der Waals surface area contributed by atoms with Crippen molar-refractivity contribution in [1.82, 2.24) is 9.97 Å². The van der Waals surface area contributed by atoms with Gasteiger partial charge in [-0.25, -0.2) is 0 Å². The van der Waals surface area contributed by atoms with Gasteiger partial charge in [0.2, 0.25) is 0 Å². The average Bonchev–Trinajstić information content (AvgIpc) is 3.09. The van der Waals surface area contributed by atoms with Crippen LogP contribution in [0.1, 0.15) is 29.0 Å². The molecule has 1 radical (unpaired) electrons. The summed E-state index contributed by atoms with van der Waals surface area (Å²) < 4.78 is 71.4. The van der Waals surface area contributed by atoms with Crippen LogP contribution in [0.15, 0.2) is 103 Å². The Morgan fingerprint density at radius 2 is 1.30 bits per heavy atom. The number of pyridine rings is 2. The van der Waals surface area contributed by atoms with Gasteiger partial charge in [0.25, 0.3) is 0 Å². The van der Waals surface area contributed by atoms with Crippen LogP contribution in [0.3, 0.4) is 0 Å². The van der Waals surface area contributed by atoms with E-state index in [-0.39, 0.29) is 48.1 Å². The molecule has 6 aromatic rings. The number of aryl methyl sites for hydroxylation is 3. The van der Waals surface area contributed by atoms with Crippen molar-refractivity contribution in [2.75, 3.05) is 0 Å². The van der Waals surface area contributed by atoms with Crippen LogP contribution in [0.4, 0.5) is 0 Å². The molecule has 0 amide bonds. The van der Waals surface area contributed by atoms with E-state index in [0.717, 1.165) is 33.8 Å². The SMILES string of the molecule is C[Si](C)(C)c1ccc(-c2[c-]cccc2)nc1.[2H]C([2H])([2H])c1cc(-c2cc(C([2H])([2H])[2H])c(C([2H])([2H])[2H])cn2)[c-]cc1-c1ccc([Si](C)(C)C)c2ccccc12.[Ir]. The van der Waals surface area contributed by atoms with Gasteiger partial charge in [-0.3, -0.25) is 0 Å². The summed E-state index contributed by atoms with van der Waals surface area (Å²) in [6, 6.07) is 34.8. The molecule has 0 aliphatic heterocycles. The predicted molar refractivity (Wildman–Crippen MR) is 200 cm³/mol. The van der Waals surface area contributed by atoms with Crippen LogP contribution < -0.4 is 10.4 Å². The van der Waals surface area contributed by atoms with Crippen LogP contribution >= 0.6 is 0 Å². The van der Waals surface area contributed by atoms with Gasteiger partial charge in [-0.05, 0) is 46.6 Å². The zero-order valence-corrected chi connectivity index (χ0v) is 31.4. The molecule has 2 nitrogen and oxygen atoms in total. The standard InChI is InChI=1S/C27H28NSi.C14H16NSi.Ir/c1-18-16-26(28-17-20(18)3)21-11-12-22(19(2)15-21)24-13-14-27(29(4,5)6)25-10-8-7-9-23(24)25;1-16(2,3)13-9-10-14(15-11-13)12-7-5-4-6-8-12;/h7-10,12-17H,1-6H3;4-7,9-11H,1-3H3;/q2*-1;/i1D3,2D3,3D3;;. The predicted octanol–water partition coefficient (Wildman–Crippen LogP) is 9.93. The number of hydrogen-bond acceptors (Lipinski definition) is 2. The fourth-order valence-electron chi connectivity index (χ4n) is 5.20. The average molecular weight is 822 g/mol. The Balaban J connectivity index is 0.000000330. The summed E-state index contributed by atoms with van der Waals surface area (Å²) in [4.78, 5) is 8.70. The van der Waals surface area contributed by atoms with Gasteiger partial charge in [0, 0.05) is 44.8 Å². The summed E-state index contributed by atoms with van der Waals surface area (Å²) in [6.07, 6.45) is 3.05. The first-order valence-electron chi connectivity index (χ1n) is 19.5. The Kier molecular flexibility index (Phi) is 7.79. The number of rotatable bonds is 5. The van der Waals surface area contributed by atoms with E-state index in [1.165, 1.54) is 22.5 Å². The Labute approximate surface area is 304 Å². The summed E-state index contributed by atoms with van der Waals surface area (Å²) >= 11 is 0. The van der Waals surface area contributed by atoms with Crippen LogP contribution in [0.25, 0.3) is 44.4 Å². The minimum absolute atomic E-state index is 0. The molecule has 2 heterocycles. The summed E-state index contributed by atoms with van der Waals surface area (Å²) in [5.74, 6) is 0. The van der Waals surface area contributed by atoms with Crippen LogP contribution in [-0.2, 0) is 20.1 Å². The zero-order valence-electron chi connectivity index (χ0n) is 36.0. The smallest absolute Gasteiger partial charge is 0.0795 e. The third-order valence-corrected chi connectivity index (χ3v) is 11.8. The second-order valence-corrected chi connectivity index (χ2v) is 23.3. The molecule has 0 fully saturated rings. The fraction of sp³-hybridized carbons (Fsp3) is 0.220. The first-order valence-corrected chi connectivity index (χ1v) is 22.0. The normalized spacial score (nSPS) is 15.1. The number of hydrogen-bond donors (Lipinski definition) is 0. The maximum atomic E-state index is 8.27. The minimum atomic E-state index is -2.69. The second-order valence-electron chi connectivity index (χ2n) is 13.2. The molecular formula is C41H44IrN2Si2-2. The molecule has 5 heteroatoms. The van der Waals surface area contributed by atoms with Crippen LogP contribution in [0.5, 0.6) is 0 Å². The molecule has 0 saturated heterocycles. The molecule has 0 aliphatic carbocycles. The van der Waals surface area contributed by atoms with Gasteiger partial charge in [0.15, 0.2) is 0 Å². The van der Waals surface area contributed by atoms with E-state index in [1.807, 2.05) is 54.7 Å². The van der Waals surface area contributed by atoms with Crippen molar-refractivity contribution < 1.29 is 32.4 Å². The molecule has 0 bridgehead atoms. The van der Waals surface area contributed by atoms with E-state index in [9.17, 15) is 0 Å².